The number of nitrogens with one attached hydrogen (secondary N) is 1. The van der Waals surface area contributed by atoms with Gasteiger partial charge in [0.2, 0.25) is 0 Å². The summed E-state index contributed by atoms with van der Waals surface area (Å²) in [5, 5.41) is 15.3. The number of hydrogen-bond donors (Lipinski definition) is 1. The lowest BCUT2D eigenvalue weighted by Gasteiger charge is -2.22. The highest BCUT2D eigenvalue weighted by atomic mass is 19.1. The van der Waals surface area contributed by atoms with Crippen molar-refractivity contribution in [2.24, 2.45) is 0 Å². The van der Waals surface area contributed by atoms with Gasteiger partial charge in [0.1, 0.15) is 17.3 Å². The van der Waals surface area contributed by atoms with Crippen molar-refractivity contribution in [3.05, 3.63) is 48.3 Å². The summed E-state index contributed by atoms with van der Waals surface area (Å²) in [6.07, 6.45) is 0. The maximum absolute atomic E-state index is 14.2. The van der Waals surface area contributed by atoms with Crippen LogP contribution in [0.3, 0.4) is 0 Å². The van der Waals surface area contributed by atoms with Crippen LogP contribution >= 0.6 is 0 Å². The summed E-state index contributed by atoms with van der Waals surface area (Å²) in [7, 11) is 1.63. The van der Waals surface area contributed by atoms with E-state index in [2.05, 4.69) is 39.4 Å². The number of aromatic amines is 1. The minimum absolute atomic E-state index is 0.286. The smallest absolute Gasteiger partial charge is 0.198 e. The third-order valence-electron chi connectivity index (χ3n) is 4.86. The predicted octanol–water partition coefficient (Wildman–Crippen LogP) is 3.80. The molecule has 2 aromatic carbocycles. The first-order chi connectivity index (χ1) is 13.7. The Labute approximate surface area is 161 Å². The van der Waals surface area contributed by atoms with E-state index in [1.54, 1.807) is 19.2 Å². The summed E-state index contributed by atoms with van der Waals surface area (Å²) in [6.45, 7) is 5.66. The summed E-state index contributed by atoms with van der Waals surface area (Å²) < 4.78 is 21.6. The minimum Gasteiger partial charge on any atom is -0.497 e. The molecule has 28 heavy (non-hydrogen) atoms. The van der Waals surface area contributed by atoms with Gasteiger partial charge in [-0.1, -0.05) is 6.07 Å². The van der Waals surface area contributed by atoms with Gasteiger partial charge < -0.3 is 14.2 Å². The lowest BCUT2D eigenvalue weighted by atomic mass is 10.2. The molecule has 0 saturated carbocycles. The summed E-state index contributed by atoms with van der Waals surface area (Å²) in [4.78, 5) is 2.18. The van der Waals surface area contributed by atoms with Crippen molar-refractivity contribution in [1.29, 1.82) is 0 Å². The van der Waals surface area contributed by atoms with Gasteiger partial charge in [0.15, 0.2) is 5.82 Å². The first-order valence-electron chi connectivity index (χ1n) is 9.15. The molecule has 0 aliphatic heterocycles. The number of rotatable bonds is 6. The predicted molar refractivity (Wildman–Crippen MR) is 107 cm³/mol. The third-order valence-corrected chi connectivity index (χ3v) is 4.86. The van der Waals surface area contributed by atoms with E-state index in [9.17, 15) is 4.39 Å². The molecule has 7 nitrogen and oxygen atoms in total. The van der Waals surface area contributed by atoms with Crippen LogP contribution in [-0.4, -0.2) is 45.4 Å². The standard InChI is InChI=1S/C20H21FN6O/c1-4-26(5-2)18-16-11-13(21)9-10-17(16)27(19(18)20-22-24-25-23-20)14-7-6-8-15(12-14)28-3/h6-12H,4-5H2,1-3H3,(H,22,23,24,25). The lowest BCUT2D eigenvalue weighted by Crippen LogP contribution is -2.22. The van der Waals surface area contributed by atoms with Crippen molar-refractivity contribution in [1.82, 2.24) is 25.2 Å². The fourth-order valence-corrected chi connectivity index (χ4v) is 3.60. The van der Waals surface area contributed by atoms with E-state index in [-0.39, 0.29) is 5.82 Å². The number of halogens is 1. The molecule has 2 heterocycles. The van der Waals surface area contributed by atoms with Crippen LogP contribution in [-0.2, 0) is 0 Å². The second-order valence-corrected chi connectivity index (χ2v) is 6.32. The van der Waals surface area contributed by atoms with E-state index < -0.39 is 0 Å². The van der Waals surface area contributed by atoms with Gasteiger partial charge in [-0.2, -0.15) is 0 Å². The molecule has 0 amide bonds. The lowest BCUT2D eigenvalue weighted by molar-refractivity contribution is 0.414. The normalized spacial score (nSPS) is 11.1. The summed E-state index contributed by atoms with van der Waals surface area (Å²) >= 11 is 0. The van der Waals surface area contributed by atoms with E-state index in [1.165, 1.54) is 6.07 Å². The van der Waals surface area contributed by atoms with Gasteiger partial charge in [0.05, 0.1) is 24.0 Å². The number of nitrogens with zero attached hydrogens (tertiary/aromatic N) is 5. The zero-order chi connectivity index (χ0) is 19.7. The van der Waals surface area contributed by atoms with Gasteiger partial charge in [0, 0.05) is 24.5 Å². The van der Waals surface area contributed by atoms with E-state index >= 15 is 0 Å². The Hall–Kier alpha value is -3.42. The number of aromatic nitrogens is 5. The number of tetrazole rings is 1. The zero-order valence-electron chi connectivity index (χ0n) is 16.0. The fraction of sp³-hybridized carbons (Fsp3) is 0.250. The molecule has 0 unspecified atom stereocenters. The number of hydrogen-bond acceptors (Lipinski definition) is 5. The Morgan fingerprint density at radius 1 is 1.14 bits per heavy atom. The van der Waals surface area contributed by atoms with Crippen molar-refractivity contribution < 1.29 is 9.13 Å². The highest BCUT2D eigenvalue weighted by Gasteiger charge is 2.25. The van der Waals surface area contributed by atoms with Crippen LogP contribution in [0.1, 0.15) is 13.8 Å². The number of fused-ring (bicyclic) bond motifs is 1. The molecular weight excluding hydrogens is 359 g/mol. The number of ether oxygens (including phenoxy) is 1. The summed E-state index contributed by atoms with van der Waals surface area (Å²) in [6, 6.07) is 12.5. The van der Waals surface area contributed by atoms with Crippen LogP contribution < -0.4 is 9.64 Å². The molecule has 4 rings (SSSR count). The van der Waals surface area contributed by atoms with Crippen LogP contribution in [0.5, 0.6) is 5.75 Å². The quantitative estimate of drug-likeness (QED) is 0.551. The second kappa shape index (κ2) is 7.30. The van der Waals surface area contributed by atoms with E-state index in [4.69, 9.17) is 4.74 Å². The second-order valence-electron chi connectivity index (χ2n) is 6.32. The Balaban J connectivity index is 2.15. The average molecular weight is 380 g/mol. The first-order valence-corrected chi connectivity index (χ1v) is 9.15. The van der Waals surface area contributed by atoms with Crippen molar-refractivity contribution in [3.63, 3.8) is 0 Å². The maximum Gasteiger partial charge on any atom is 0.198 e. The van der Waals surface area contributed by atoms with Gasteiger partial charge >= 0.3 is 0 Å². The average Bonchev–Trinajstić information content (AvgIpc) is 3.35. The number of methoxy groups -OCH3 is 1. The molecule has 0 saturated heterocycles. The Bertz CT molecular complexity index is 1100. The van der Waals surface area contributed by atoms with E-state index in [0.717, 1.165) is 46.8 Å². The number of anilines is 1. The highest BCUT2D eigenvalue weighted by molar-refractivity contribution is 6.03. The molecule has 8 heteroatoms. The first kappa shape index (κ1) is 18.0. The molecule has 0 aliphatic carbocycles. The molecular formula is C20H21FN6O. The van der Waals surface area contributed by atoms with Crippen molar-refractivity contribution >= 4 is 16.6 Å². The van der Waals surface area contributed by atoms with Crippen molar-refractivity contribution in [2.75, 3.05) is 25.1 Å². The summed E-state index contributed by atoms with van der Waals surface area (Å²) in [5.74, 6) is 0.958. The summed E-state index contributed by atoms with van der Waals surface area (Å²) in [5.41, 5.74) is 3.41. The van der Waals surface area contributed by atoms with Gasteiger partial charge in [-0.25, -0.2) is 9.49 Å². The third kappa shape index (κ3) is 2.87. The Morgan fingerprint density at radius 3 is 2.64 bits per heavy atom. The van der Waals surface area contributed by atoms with Gasteiger partial charge in [0.25, 0.3) is 0 Å². The van der Waals surface area contributed by atoms with Crippen molar-refractivity contribution in [3.8, 4) is 23.0 Å². The van der Waals surface area contributed by atoms with E-state index in [0.29, 0.717) is 5.82 Å². The largest absolute Gasteiger partial charge is 0.497 e. The monoisotopic (exact) mass is 380 g/mol. The SMILES string of the molecule is CCN(CC)c1c(-c2nnn[nH]2)n(-c2cccc(OC)c2)c2ccc(F)cc12. The molecule has 0 radical (unpaired) electrons. The van der Waals surface area contributed by atoms with E-state index in [1.807, 2.05) is 28.8 Å². The molecule has 0 bridgehead atoms. The highest BCUT2D eigenvalue weighted by Crippen LogP contribution is 2.41. The topological polar surface area (TPSA) is 71.9 Å². The zero-order valence-corrected chi connectivity index (χ0v) is 16.0. The maximum atomic E-state index is 14.2. The molecule has 144 valence electrons. The molecule has 0 spiro atoms. The van der Waals surface area contributed by atoms with Crippen molar-refractivity contribution in [2.45, 2.75) is 13.8 Å². The van der Waals surface area contributed by atoms with Crippen LogP contribution in [0, 0.1) is 5.82 Å². The number of H-pyrrole nitrogens is 1. The van der Waals surface area contributed by atoms with Crippen LogP contribution in [0.25, 0.3) is 28.1 Å². The van der Waals surface area contributed by atoms with Crippen LogP contribution in [0.15, 0.2) is 42.5 Å². The Morgan fingerprint density at radius 2 is 1.96 bits per heavy atom. The molecule has 0 aliphatic rings. The van der Waals surface area contributed by atoms with Gasteiger partial charge in [-0.15, -0.1) is 5.10 Å². The number of benzene rings is 2. The van der Waals surface area contributed by atoms with Crippen LogP contribution in [0.2, 0.25) is 0 Å². The van der Waals surface area contributed by atoms with Crippen LogP contribution in [0.4, 0.5) is 10.1 Å². The fourth-order valence-electron chi connectivity index (χ4n) is 3.60. The molecule has 0 fully saturated rings. The molecule has 0 atom stereocenters. The minimum atomic E-state index is -0.286. The Kier molecular flexibility index (Phi) is 4.68. The molecule has 2 aromatic heterocycles. The van der Waals surface area contributed by atoms with Gasteiger partial charge in [-0.05, 0) is 54.6 Å². The van der Waals surface area contributed by atoms with Gasteiger partial charge in [-0.3, -0.25) is 0 Å². The molecule has 1 N–H and O–H groups in total. The molecule has 4 aromatic rings.